The van der Waals surface area contributed by atoms with E-state index in [4.69, 9.17) is 9.47 Å². The third-order valence-electron chi connectivity index (χ3n) is 7.23. The molecule has 2 N–H and O–H groups in total. The average Bonchev–Trinajstić information content (AvgIpc) is 3.58. The molecule has 1 aromatic carbocycles. The monoisotopic (exact) mass is 500 g/mol. The van der Waals surface area contributed by atoms with Gasteiger partial charge in [-0.15, -0.1) is 22.7 Å². The van der Waals surface area contributed by atoms with Crippen molar-refractivity contribution in [1.82, 2.24) is 0 Å². The van der Waals surface area contributed by atoms with Gasteiger partial charge in [0.1, 0.15) is 18.0 Å². The van der Waals surface area contributed by atoms with Crippen molar-refractivity contribution in [3.63, 3.8) is 0 Å². The van der Waals surface area contributed by atoms with Gasteiger partial charge in [0, 0.05) is 25.2 Å². The third kappa shape index (κ3) is 4.60. The number of hydrogen-bond acceptors (Lipinski definition) is 7. The largest absolute Gasteiger partial charge is 0.508 e. The molecule has 0 aliphatic carbocycles. The van der Waals surface area contributed by atoms with Crippen LogP contribution in [-0.2, 0) is 15.1 Å². The van der Waals surface area contributed by atoms with Gasteiger partial charge in [-0.1, -0.05) is 12.1 Å². The molecule has 2 bridgehead atoms. The predicted molar refractivity (Wildman–Crippen MR) is 132 cm³/mol. The number of carbonyl (C=O) groups excluding carboxylic acids is 1. The van der Waals surface area contributed by atoms with Crippen LogP contribution in [0.5, 0.6) is 11.5 Å². The van der Waals surface area contributed by atoms with Crippen molar-refractivity contribution in [1.29, 1.82) is 0 Å². The summed E-state index contributed by atoms with van der Waals surface area (Å²) in [5, 5.41) is 24.7. The molecule has 2 aromatic heterocycles. The molecule has 3 aliphatic rings. The maximum atomic E-state index is 13.4. The lowest BCUT2D eigenvalue weighted by Gasteiger charge is -2.52. The highest BCUT2D eigenvalue weighted by Gasteiger charge is 2.51. The number of phenols is 1. The fraction of sp³-hybridized carbons (Fsp3) is 0.423. The Bertz CT molecular complexity index is 1040. The Morgan fingerprint density at radius 3 is 2.26 bits per heavy atom. The topological polar surface area (TPSA) is 76.0 Å². The summed E-state index contributed by atoms with van der Waals surface area (Å²) < 4.78 is 12.9. The number of esters is 1. The van der Waals surface area contributed by atoms with Crippen molar-refractivity contribution in [2.24, 2.45) is 5.92 Å². The average molecular weight is 501 g/mol. The SMILES string of the molecule is O=C(OC1C[N+]2(CCCOc3ccc(O)cc3)CCC1CC2)C(O)(c1cccs1)c1cccs1. The number of aliphatic hydroxyl groups is 1. The zero-order valence-corrected chi connectivity index (χ0v) is 20.6. The Hall–Kier alpha value is -2.39. The number of nitrogens with zero attached hydrogens (tertiary/aromatic N) is 1. The Balaban J connectivity index is 1.22. The minimum Gasteiger partial charge on any atom is -0.508 e. The molecule has 3 aliphatic heterocycles. The molecule has 34 heavy (non-hydrogen) atoms. The van der Waals surface area contributed by atoms with Gasteiger partial charge < -0.3 is 24.2 Å². The highest BCUT2D eigenvalue weighted by molar-refractivity contribution is 7.12. The van der Waals surface area contributed by atoms with Gasteiger partial charge in [0.2, 0.25) is 5.60 Å². The second-order valence-corrected chi connectivity index (χ2v) is 11.2. The van der Waals surface area contributed by atoms with Crippen LogP contribution >= 0.6 is 22.7 Å². The first-order valence-corrected chi connectivity index (χ1v) is 13.5. The van der Waals surface area contributed by atoms with Crippen molar-refractivity contribution in [2.45, 2.75) is 31.0 Å². The molecule has 180 valence electrons. The summed E-state index contributed by atoms with van der Waals surface area (Å²) in [4.78, 5) is 14.6. The van der Waals surface area contributed by atoms with E-state index >= 15 is 0 Å². The lowest BCUT2D eigenvalue weighted by atomic mass is 9.83. The Labute approximate surface area is 207 Å². The number of benzene rings is 1. The molecule has 0 radical (unpaired) electrons. The van der Waals surface area contributed by atoms with Crippen molar-refractivity contribution in [2.75, 3.05) is 32.8 Å². The van der Waals surface area contributed by atoms with Crippen LogP contribution in [0.2, 0.25) is 0 Å². The highest BCUT2D eigenvalue weighted by Crippen LogP contribution is 2.40. The number of quaternary nitrogens is 1. The number of piperidine rings is 3. The van der Waals surface area contributed by atoms with E-state index in [0.29, 0.717) is 22.3 Å². The van der Waals surface area contributed by atoms with Crippen molar-refractivity contribution >= 4 is 28.6 Å². The molecule has 5 heterocycles. The minimum atomic E-state index is -1.75. The van der Waals surface area contributed by atoms with Gasteiger partial charge in [-0.25, -0.2) is 4.79 Å². The standard InChI is InChI=1S/C26H29NO5S2/c28-20-6-8-21(9-7-20)31-15-3-12-27-13-10-19(11-14-27)22(18-27)32-25(29)26(30,23-4-1-16-33-23)24-5-2-17-34-24/h1-2,4-9,16-17,19,22,30H,3,10-15,18H2/p+1. The van der Waals surface area contributed by atoms with E-state index in [9.17, 15) is 15.0 Å². The summed E-state index contributed by atoms with van der Waals surface area (Å²) >= 11 is 2.74. The van der Waals surface area contributed by atoms with Gasteiger partial charge in [0.05, 0.1) is 36.0 Å². The number of thiophene rings is 2. The number of fused-ring (bicyclic) bond motifs is 3. The van der Waals surface area contributed by atoms with Gasteiger partial charge in [-0.05, 0) is 47.2 Å². The quantitative estimate of drug-likeness (QED) is 0.259. The fourth-order valence-corrected chi connectivity index (χ4v) is 7.03. The number of aromatic hydroxyl groups is 1. The lowest BCUT2D eigenvalue weighted by Crippen LogP contribution is -2.65. The van der Waals surface area contributed by atoms with E-state index < -0.39 is 11.6 Å². The van der Waals surface area contributed by atoms with Crippen LogP contribution in [0.3, 0.4) is 0 Å². The van der Waals surface area contributed by atoms with Crippen LogP contribution < -0.4 is 4.74 Å². The first-order chi connectivity index (χ1) is 16.5. The second-order valence-electron chi connectivity index (χ2n) is 9.34. The lowest BCUT2D eigenvalue weighted by molar-refractivity contribution is -0.946. The fourth-order valence-electron chi connectivity index (χ4n) is 5.32. The van der Waals surface area contributed by atoms with E-state index in [2.05, 4.69) is 0 Å². The molecule has 3 aromatic rings. The molecule has 8 heteroatoms. The third-order valence-corrected chi connectivity index (χ3v) is 9.19. The second kappa shape index (κ2) is 9.70. The van der Waals surface area contributed by atoms with Gasteiger partial charge in [0.25, 0.3) is 0 Å². The zero-order chi connectivity index (χ0) is 23.6. The number of carbonyl (C=O) groups is 1. The Morgan fingerprint density at radius 1 is 1.03 bits per heavy atom. The molecule has 1 atom stereocenters. The molecule has 3 saturated heterocycles. The maximum Gasteiger partial charge on any atom is 0.349 e. The Kier molecular flexibility index (Phi) is 6.66. The van der Waals surface area contributed by atoms with Crippen molar-refractivity contribution < 1.29 is 29.0 Å². The normalized spacial score (nSPS) is 24.1. The van der Waals surface area contributed by atoms with Crippen LogP contribution in [0.15, 0.2) is 59.3 Å². The summed E-state index contributed by atoms with van der Waals surface area (Å²) in [7, 11) is 0. The number of hydrogen-bond donors (Lipinski definition) is 2. The molecular weight excluding hydrogens is 470 g/mol. The maximum absolute atomic E-state index is 13.4. The Morgan fingerprint density at radius 2 is 1.68 bits per heavy atom. The van der Waals surface area contributed by atoms with Crippen molar-refractivity contribution in [3.8, 4) is 11.5 Å². The highest BCUT2D eigenvalue weighted by atomic mass is 32.1. The predicted octanol–water partition coefficient (Wildman–Crippen LogP) is 4.37. The van der Waals surface area contributed by atoms with Crippen LogP contribution in [0, 0.1) is 5.92 Å². The van der Waals surface area contributed by atoms with E-state index in [1.54, 1.807) is 36.4 Å². The minimum absolute atomic E-state index is 0.181. The van der Waals surface area contributed by atoms with Crippen LogP contribution in [-0.4, -0.2) is 59.6 Å². The first kappa shape index (κ1) is 23.4. The first-order valence-electron chi connectivity index (χ1n) is 11.8. The van der Waals surface area contributed by atoms with Crippen LogP contribution in [0.25, 0.3) is 0 Å². The van der Waals surface area contributed by atoms with Gasteiger partial charge >= 0.3 is 5.97 Å². The van der Waals surface area contributed by atoms with Gasteiger partial charge in [0.15, 0.2) is 6.10 Å². The summed E-state index contributed by atoms with van der Waals surface area (Å²) in [5.41, 5.74) is -1.75. The molecule has 0 amide bonds. The molecular formula is C26H30NO5S2+. The smallest absolute Gasteiger partial charge is 0.349 e. The summed E-state index contributed by atoms with van der Waals surface area (Å²) in [6, 6.07) is 14.1. The van der Waals surface area contributed by atoms with E-state index in [-0.39, 0.29) is 11.9 Å². The van der Waals surface area contributed by atoms with Crippen LogP contribution in [0.4, 0.5) is 0 Å². The van der Waals surface area contributed by atoms with Gasteiger partial charge in [-0.3, -0.25) is 0 Å². The molecule has 0 saturated carbocycles. The molecule has 0 spiro atoms. The zero-order valence-electron chi connectivity index (χ0n) is 19.0. The number of ether oxygens (including phenoxy) is 2. The van der Waals surface area contributed by atoms with Gasteiger partial charge in [-0.2, -0.15) is 0 Å². The van der Waals surface area contributed by atoms with Crippen molar-refractivity contribution in [3.05, 3.63) is 69.0 Å². The molecule has 6 rings (SSSR count). The van der Waals surface area contributed by atoms with Crippen LogP contribution in [0.1, 0.15) is 29.0 Å². The van der Waals surface area contributed by atoms with E-state index in [1.165, 1.54) is 22.7 Å². The van der Waals surface area contributed by atoms with E-state index in [0.717, 1.165) is 55.7 Å². The van der Waals surface area contributed by atoms with E-state index in [1.807, 2.05) is 22.9 Å². The number of rotatable bonds is 9. The molecule has 6 nitrogen and oxygen atoms in total. The molecule has 3 fully saturated rings. The summed E-state index contributed by atoms with van der Waals surface area (Å²) in [6.07, 6.45) is 2.79. The summed E-state index contributed by atoms with van der Waals surface area (Å²) in [5.74, 6) is 0.772. The molecule has 1 unspecified atom stereocenters. The summed E-state index contributed by atoms with van der Waals surface area (Å²) in [6.45, 7) is 4.56. The number of phenolic OH excluding ortho intramolecular Hbond substituents is 1.